The Morgan fingerprint density at radius 3 is 2.38 bits per heavy atom. The highest BCUT2D eigenvalue weighted by Gasteiger charge is 2.32. The van der Waals surface area contributed by atoms with E-state index in [9.17, 15) is 14.4 Å². The van der Waals surface area contributed by atoms with E-state index < -0.39 is 17.8 Å². The molecule has 1 aliphatic heterocycles. The van der Waals surface area contributed by atoms with Crippen LogP contribution in [0.4, 0.5) is 0 Å². The van der Waals surface area contributed by atoms with Crippen LogP contribution in [0, 0.1) is 0 Å². The smallest absolute Gasteiger partial charge is 0.326 e. The molecule has 70 valence electrons. The molecule has 0 bridgehead atoms. The van der Waals surface area contributed by atoms with Crippen LogP contribution in [0.25, 0.3) is 0 Å². The Bertz CT molecular complexity index is 266. The van der Waals surface area contributed by atoms with E-state index in [1.54, 1.807) is 6.92 Å². The number of amides is 2. The summed E-state index contributed by atoms with van der Waals surface area (Å²) in [7, 11) is 0. The number of rotatable bonds is 2. The zero-order valence-electron chi connectivity index (χ0n) is 7.15. The summed E-state index contributed by atoms with van der Waals surface area (Å²) in [4.78, 5) is 37.2. The first-order valence-corrected chi connectivity index (χ1v) is 3.85. The van der Waals surface area contributed by atoms with Gasteiger partial charge in [0.15, 0.2) is 0 Å². The largest absolute Gasteiger partial charge is 0.356 e. The van der Waals surface area contributed by atoms with Gasteiger partial charge in [-0.25, -0.2) is 4.79 Å². The van der Waals surface area contributed by atoms with E-state index >= 15 is 0 Å². The quantitative estimate of drug-likeness (QED) is 0.452. The lowest BCUT2D eigenvalue weighted by molar-refractivity contribution is -0.193. The average Bonchev–Trinajstić information content (AvgIpc) is 2.36. The highest BCUT2D eigenvalue weighted by molar-refractivity contribution is 6.02. The average molecular weight is 183 g/mol. The van der Waals surface area contributed by atoms with Crippen molar-refractivity contribution in [1.29, 1.82) is 0 Å². The number of carbonyl (C=O) groups excluding carboxylic acids is 3. The van der Waals surface area contributed by atoms with Crippen LogP contribution >= 0.6 is 0 Å². The zero-order valence-corrected chi connectivity index (χ0v) is 7.15. The minimum absolute atomic E-state index is 0.113. The molecular weight excluding hydrogens is 174 g/mol. The van der Waals surface area contributed by atoms with Crippen LogP contribution in [-0.2, 0) is 19.2 Å². The Hall–Kier alpha value is -1.65. The molecule has 13 heavy (non-hydrogen) atoms. The standard InChI is InChI=1S/C8H9NO4/c1-2-3-8(12)13-9-6(10)4-5-7(9)11/h2-3H,4-5H2,1H3/b3-2+. The van der Waals surface area contributed by atoms with Crippen molar-refractivity contribution in [2.24, 2.45) is 0 Å². The van der Waals surface area contributed by atoms with Crippen molar-refractivity contribution in [3.63, 3.8) is 0 Å². The lowest BCUT2D eigenvalue weighted by atomic mass is 10.4. The minimum Gasteiger partial charge on any atom is -0.326 e. The topological polar surface area (TPSA) is 63.7 Å². The lowest BCUT2D eigenvalue weighted by Gasteiger charge is -2.10. The van der Waals surface area contributed by atoms with Gasteiger partial charge in [-0.2, -0.15) is 0 Å². The summed E-state index contributed by atoms with van der Waals surface area (Å²) in [6, 6.07) is 0. The Morgan fingerprint density at radius 1 is 1.38 bits per heavy atom. The second kappa shape index (κ2) is 3.84. The van der Waals surface area contributed by atoms with Crippen LogP contribution in [0.15, 0.2) is 12.2 Å². The first-order chi connectivity index (χ1) is 6.15. The van der Waals surface area contributed by atoms with Gasteiger partial charge in [-0.05, 0) is 6.92 Å². The third kappa shape index (κ3) is 2.14. The molecule has 0 aliphatic carbocycles. The molecule has 1 saturated heterocycles. The maximum absolute atomic E-state index is 10.9. The second-order valence-electron chi connectivity index (χ2n) is 2.49. The predicted molar refractivity (Wildman–Crippen MR) is 42.0 cm³/mol. The minimum atomic E-state index is -0.717. The number of hydrogen-bond acceptors (Lipinski definition) is 4. The molecule has 5 heteroatoms. The van der Waals surface area contributed by atoms with Crippen molar-refractivity contribution < 1.29 is 19.2 Å². The molecule has 2 amide bonds. The lowest BCUT2D eigenvalue weighted by Crippen LogP contribution is -2.31. The maximum Gasteiger partial charge on any atom is 0.356 e. The fraction of sp³-hybridized carbons (Fsp3) is 0.375. The molecule has 0 saturated carbocycles. The Balaban J connectivity index is 2.57. The summed E-state index contributed by atoms with van der Waals surface area (Å²) >= 11 is 0. The highest BCUT2D eigenvalue weighted by atomic mass is 16.7. The van der Waals surface area contributed by atoms with Crippen molar-refractivity contribution >= 4 is 17.8 Å². The van der Waals surface area contributed by atoms with Crippen molar-refractivity contribution in [3.05, 3.63) is 12.2 Å². The van der Waals surface area contributed by atoms with Gasteiger partial charge in [0.25, 0.3) is 11.8 Å². The molecular formula is C8H9NO4. The van der Waals surface area contributed by atoms with Crippen LogP contribution < -0.4 is 0 Å². The summed E-state index contributed by atoms with van der Waals surface area (Å²) in [5.74, 6) is -1.66. The van der Waals surface area contributed by atoms with Crippen molar-refractivity contribution in [1.82, 2.24) is 5.06 Å². The van der Waals surface area contributed by atoms with Crippen molar-refractivity contribution in [2.45, 2.75) is 19.8 Å². The van der Waals surface area contributed by atoms with Gasteiger partial charge in [-0.15, -0.1) is 5.06 Å². The van der Waals surface area contributed by atoms with E-state index in [0.717, 1.165) is 6.08 Å². The summed E-state index contributed by atoms with van der Waals surface area (Å²) in [5, 5.41) is 0.516. The Labute approximate surface area is 74.9 Å². The van der Waals surface area contributed by atoms with E-state index in [0.29, 0.717) is 5.06 Å². The predicted octanol–water partition coefficient (Wildman–Crippen LogP) is 0.170. The molecule has 0 aromatic rings. The third-order valence-corrected chi connectivity index (χ3v) is 1.49. The van der Waals surface area contributed by atoms with Crippen molar-refractivity contribution in [3.8, 4) is 0 Å². The number of nitrogens with zero attached hydrogens (tertiary/aromatic N) is 1. The molecule has 0 N–H and O–H groups in total. The van der Waals surface area contributed by atoms with Gasteiger partial charge in [0, 0.05) is 18.9 Å². The Morgan fingerprint density at radius 2 is 1.92 bits per heavy atom. The van der Waals surface area contributed by atoms with Gasteiger partial charge in [0.2, 0.25) is 0 Å². The van der Waals surface area contributed by atoms with Gasteiger partial charge in [-0.1, -0.05) is 6.08 Å². The fourth-order valence-corrected chi connectivity index (χ4v) is 0.914. The number of hydroxylamine groups is 2. The summed E-state index contributed by atoms with van der Waals surface area (Å²) in [5.41, 5.74) is 0. The highest BCUT2D eigenvalue weighted by Crippen LogP contribution is 2.11. The monoisotopic (exact) mass is 183 g/mol. The van der Waals surface area contributed by atoms with Crippen LogP contribution in [0.2, 0.25) is 0 Å². The normalized spacial score (nSPS) is 17.2. The molecule has 0 unspecified atom stereocenters. The van der Waals surface area contributed by atoms with Gasteiger partial charge in [-0.3, -0.25) is 9.59 Å². The summed E-state index contributed by atoms with van der Waals surface area (Å²) < 4.78 is 0. The second-order valence-corrected chi connectivity index (χ2v) is 2.49. The van der Waals surface area contributed by atoms with Gasteiger partial charge < -0.3 is 4.84 Å². The number of carbonyl (C=O) groups is 3. The van der Waals surface area contributed by atoms with Crippen LogP contribution in [0.1, 0.15) is 19.8 Å². The van der Waals surface area contributed by atoms with E-state index in [4.69, 9.17) is 0 Å². The van der Waals surface area contributed by atoms with Gasteiger partial charge >= 0.3 is 5.97 Å². The third-order valence-electron chi connectivity index (χ3n) is 1.49. The number of hydrogen-bond donors (Lipinski definition) is 0. The molecule has 0 aromatic heterocycles. The van der Waals surface area contributed by atoms with E-state index in [1.165, 1.54) is 6.08 Å². The molecule has 0 spiro atoms. The molecule has 1 heterocycles. The molecule has 0 aromatic carbocycles. The van der Waals surface area contributed by atoms with E-state index in [2.05, 4.69) is 4.84 Å². The zero-order chi connectivity index (χ0) is 9.84. The van der Waals surface area contributed by atoms with Crippen molar-refractivity contribution in [2.75, 3.05) is 0 Å². The van der Waals surface area contributed by atoms with E-state index in [1.807, 2.05) is 0 Å². The van der Waals surface area contributed by atoms with E-state index in [-0.39, 0.29) is 12.8 Å². The van der Waals surface area contributed by atoms with Gasteiger partial charge in [0.1, 0.15) is 0 Å². The van der Waals surface area contributed by atoms with Gasteiger partial charge in [0.05, 0.1) is 0 Å². The van der Waals surface area contributed by atoms with Crippen LogP contribution in [-0.4, -0.2) is 22.8 Å². The summed E-state index contributed by atoms with van der Waals surface area (Å²) in [6.07, 6.45) is 2.83. The first kappa shape index (κ1) is 9.44. The maximum atomic E-state index is 10.9. The number of allylic oxidation sites excluding steroid dienone is 1. The number of imide groups is 1. The van der Waals surface area contributed by atoms with Crippen LogP contribution in [0.5, 0.6) is 0 Å². The molecule has 0 atom stereocenters. The Kier molecular flexibility index (Phi) is 2.79. The molecule has 5 nitrogen and oxygen atoms in total. The summed E-state index contributed by atoms with van der Waals surface area (Å²) in [6.45, 7) is 1.63. The van der Waals surface area contributed by atoms with Crippen LogP contribution in [0.3, 0.4) is 0 Å². The molecule has 1 aliphatic rings. The molecule has 1 fully saturated rings. The first-order valence-electron chi connectivity index (χ1n) is 3.85. The molecule has 0 radical (unpaired) electrons. The fourth-order valence-electron chi connectivity index (χ4n) is 0.914. The molecule has 1 rings (SSSR count). The SMILES string of the molecule is C/C=C/C(=O)ON1C(=O)CCC1=O.